The van der Waals surface area contributed by atoms with Crippen molar-refractivity contribution in [1.29, 1.82) is 0 Å². The lowest BCUT2D eigenvalue weighted by molar-refractivity contribution is -0.147. The summed E-state index contributed by atoms with van der Waals surface area (Å²) < 4.78 is 37.0. The minimum Gasteiger partial charge on any atom is -0.352 e. The summed E-state index contributed by atoms with van der Waals surface area (Å²) in [5, 5.41) is 5.15. The standard InChI is InChI=1S/C11H12F3N3/c12-11(13,14)9-7-16-10(17-9)15-6-8-4-2-1-3-5-8/h1-5,9H,6-7H2,(H2,15,16,17). The second-order valence-electron chi connectivity index (χ2n) is 3.77. The third-order valence-electron chi connectivity index (χ3n) is 2.44. The summed E-state index contributed by atoms with van der Waals surface area (Å²) in [5.74, 6) is 0.205. The van der Waals surface area contributed by atoms with Crippen LogP contribution in [-0.4, -0.2) is 24.7 Å². The zero-order valence-corrected chi connectivity index (χ0v) is 8.96. The molecule has 0 radical (unpaired) electrons. The zero-order chi connectivity index (χ0) is 12.3. The lowest BCUT2D eigenvalue weighted by atomic mass is 10.2. The molecule has 17 heavy (non-hydrogen) atoms. The van der Waals surface area contributed by atoms with Crippen LogP contribution >= 0.6 is 0 Å². The summed E-state index contributed by atoms with van der Waals surface area (Å²) >= 11 is 0. The first-order chi connectivity index (χ1) is 8.05. The maximum absolute atomic E-state index is 12.3. The molecule has 1 atom stereocenters. The van der Waals surface area contributed by atoms with E-state index in [1.54, 1.807) is 0 Å². The molecule has 1 aromatic rings. The van der Waals surface area contributed by atoms with Crippen LogP contribution in [0.1, 0.15) is 5.56 Å². The van der Waals surface area contributed by atoms with E-state index in [0.29, 0.717) is 6.54 Å². The van der Waals surface area contributed by atoms with Crippen LogP contribution in [-0.2, 0) is 6.54 Å². The Labute approximate surface area is 96.7 Å². The minimum absolute atomic E-state index is 0.205. The van der Waals surface area contributed by atoms with E-state index in [1.165, 1.54) is 0 Å². The molecule has 0 aromatic heterocycles. The van der Waals surface area contributed by atoms with Gasteiger partial charge in [-0.25, -0.2) is 0 Å². The molecule has 1 heterocycles. The normalized spacial score (nSPS) is 19.7. The number of nitrogens with one attached hydrogen (secondary N) is 2. The van der Waals surface area contributed by atoms with E-state index in [0.717, 1.165) is 5.56 Å². The summed E-state index contributed by atoms with van der Waals surface area (Å²) in [6, 6.07) is 7.85. The molecule has 6 heteroatoms. The highest BCUT2D eigenvalue weighted by Gasteiger charge is 2.42. The lowest BCUT2D eigenvalue weighted by Crippen LogP contribution is -2.46. The van der Waals surface area contributed by atoms with Crippen LogP contribution in [0.2, 0.25) is 0 Å². The number of aliphatic imine (C=N–C) groups is 1. The fraction of sp³-hybridized carbons (Fsp3) is 0.364. The monoisotopic (exact) mass is 243 g/mol. The Morgan fingerprint density at radius 3 is 2.59 bits per heavy atom. The third-order valence-corrected chi connectivity index (χ3v) is 2.44. The quantitative estimate of drug-likeness (QED) is 0.829. The van der Waals surface area contributed by atoms with Crippen molar-refractivity contribution in [3.63, 3.8) is 0 Å². The van der Waals surface area contributed by atoms with Crippen molar-refractivity contribution in [2.75, 3.05) is 6.54 Å². The molecule has 1 aliphatic rings. The van der Waals surface area contributed by atoms with Gasteiger partial charge < -0.3 is 10.6 Å². The number of nitrogens with zero attached hydrogens (tertiary/aromatic N) is 1. The molecule has 2 rings (SSSR count). The topological polar surface area (TPSA) is 36.4 Å². The molecular weight excluding hydrogens is 231 g/mol. The largest absolute Gasteiger partial charge is 0.410 e. The van der Waals surface area contributed by atoms with Gasteiger partial charge in [-0.2, -0.15) is 13.2 Å². The molecule has 1 aliphatic heterocycles. The van der Waals surface area contributed by atoms with Gasteiger partial charge in [0, 0.05) is 6.54 Å². The number of halogens is 3. The molecule has 92 valence electrons. The average molecular weight is 243 g/mol. The van der Waals surface area contributed by atoms with Gasteiger partial charge >= 0.3 is 6.18 Å². The molecule has 1 unspecified atom stereocenters. The van der Waals surface area contributed by atoms with E-state index in [-0.39, 0.29) is 12.5 Å². The van der Waals surface area contributed by atoms with Crippen molar-refractivity contribution >= 4 is 5.96 Å². The highest BCUT2D eigenvalue weighted by Crippen LogP contribution is 2.22. The number of hydrogen-bond acceptors (Lipinski definition) is 3. The molecule has 0 amide bonds. The fourth-order valence-electron chi connectivity index (χ4n) is 1.51. The Hall–Kier alpha value is -1.72. The van der Waals surface area contributed by atoms with E-state index in [4.69, 9.17) is 0 Å². The Morgan fingerprint density at radius 2 is 2.00 bits per heavy atom. The minimum atomic E-state index is -4.25. The Kier molecular flexibility index (Phi) is 3.21. The van der Waals surface area contributed by atoms with E-state index in [1.807, 2.05) is 30.3 Å². The number of alkyl halides is 3. The van der Waals surface area contributed by atoms with Crippen molar-refractivity contribution in [2.24, 2.45) is 4.99 Å². The average Bonchev–Trinajstić information content (AvgIpc) is 2.76. The van der Waals surface area contributed by atoms with E-state index >= 15 is 0 Å². The molecule has 0 bridgehead atoms. The van der Waals surface area contributed by atoms with Crippen LogP contribution in [0.25, 0.3) is 0 Å². The summed E-state index contributed by atoms with van der Waals surface area (Å²) in [6.07, 6.45) is -4.25. The highest BCUT2D eigenvalue weighted by molar-refractivity contribution is 5.81. The fourth-order valence-corrected chi connectivity index (χ4v) is 1.51. The Morgan fingerprint density at radius 1 is 1.29 bits per heavy atom. The first kappa shape index (κ1) is 11.8. The zero-order valence-electron chi connectivity index (χ0n) is 8.96. The van der Waals surface area contributed by atoms with Crippen LogP contribution in [0.5, 0.6) is 0 Å². The molecule has 1 aromatic carbocycles. The van der Waals surface area contributed by atoms with Crippen molar-refractivity contribution in [2.45, 2.75) is 18.8 Å². The lowest BCUT2D eigenvalue weighted by Gasteiger charge is -2.15. The van der Waals surface area contributed by atoms with Gasteiger partial charge in [-0.1, -0.05) is 30.3 Å². The van der Waals surface area contributed by atoms with E-state index in [2.05, 4.69) is 15.6 Å². The van der Waals surface area contributed by atoms with Gasteiger partial charge in [-0.05, 0) is 5.56 Å². The van der Waals surface area contributed by atoms with Crippen molar-refractivity contribution in [3.05, 3.63) is 35.9 Å². The van der Waals surface area contributed by atoms with Crippen molar-refractivity contribution in [1.82, 2.24) is 10.6 Å². The maximum Gasteiger partial charge on any atom is 0.410 e. The second-order valence-corrected chi connectivity index (χ2v) is 3.77. The smallest absolute Gasteiger partial charge is 0.352 e. The highest BCUT2D eigenvalue weighted by atomic mass is 19.4. The van der Waals surface area contributed by atoms with Gasteiger partial charge in [0.2, 0.25) is 0 Å². The van der Waals surface area contributed by atoms with Crippen LogP contribution < -0.4 is 10.6 Å². The molecule has 0 saturated heterocycles. The SMILES string of the molecule is FC(F)(F)C1CN=C(NCc2ccccc2)N1. The first-order valence-corrected chi connectivity index (χ1v) is 5.21. The predicted molar refractivity (Wildman–Crippen MR) is 58.6 cm³/mol. The maximum atomic E-state index is 12.3. The summed E-state index contributed by atoms with van der Waals surface area (Å²) in [7, 11) is 0. The Bertz CT molecular complexity index is 400. The summed E-state index contributed by atoms with van der Waals surface area (Å²) in [6.45, 7) is 0.192. The molecule has 0 spiro atoms. The van der Waals surface area contributed by atoms with E-state index in [9.17, 15) is 13.2 Å². The first-order valence-electron chi connectivity index (χ1n) is 5.21. The number of benzene rings is 1. The Balaban J connectivity index is 1.83. The van der Waals surface area contributed by atoms with Crippen LogP contribution in [0.4, 0.5) is 13.2 Å². The van der Waals surface area contributed by atoms with Crippen molar-refractivity contribution in [3.8, 4) is 0 Å². The van der Waals surface area contributed by atoms with Crippen LogP contribution in [0.15, 0.2) is 35.3 Å². The second kappa shape index (κ2) is 4.65. The molecule has 2 N–H and O–H groups in total. The molecule has 0 aliphatic carbocycles. The summed E-state index contributed by atoms with van der Waals surface area (Å²) in [4.78, 5) is 3.77. The third kappa shape index (κ3) is 3.12. The van der Waals surface area contributed by atoms with Gasteiger partial charge in [-0.15, -0.1) is 0 Å². The van der Waals surface area contributed by atoms with Crippen LogP contribution in [0.3, 0.4) is 0 Å². The molecule has 0 fully saturated rings. The van der Waals surface area contributed by atoms with Gasteiger partial charge in [0.1, 0.15) is 6.04 Å². The van der Waals surface area contributed by atoms with Crippen molar-refractivity contribution < 1.29 is 13.2 Å². The molecule has 0 saturated carbocycles. The number of guanidine groups is 1. The predicted octanol–water partition coefficient (Wildman–Crippen LogP) is 1.67. The molecule has 3 nitrogen and oxygen atoms in total. The van der Waals surface area contributed by atoms with Gasteiger partial charge in [-0.3, -0.25) is 4.99 Å². The van der Waals surface area contributed by atoms with E-state index < -0.39 is 12.2 Å². The number of hydrogen-bond donors (Lipinski definition) is 2. The van der Waals surface area contributed by atoms with Gasteiger partial charge in [0.05, 0.1) is 6.54 Å². The van der Waals surface area contributed by atoms with Gasteiger partial charge in [0.15, 0.2) is 5.96 Å². The summed E-state index contributed by atoms with van der Waals surface area (Å²) in [5.41, 5.74) is 0.993. The van der Waals surface area contributed by atoms with Gasteiger partial charge in [0.25, 0.3) is 0 Å². The van der Waals surface area contributed by atoms with Crippen LogP contribution in [0, 0.1) is 0 Å². The number of rotatable bonds is 2. The molecular formula is C11H12F3N3.